The van der Waals surface area contributed by atoms with E-state index in [-0.39, 0.29) is 11.3 Å². The number of fused-ring (bicyclic) bond motifs is 1. The second-order valence-electron chi connectivity index (χ2n) is 6.56. The van der Waals surface area contributed by atoms with Gasteiger partial charge in [-0.05, 0) is 49.4 Å². The predicted octanol–water partition coefficient (Wildman–Crippen LogP) is 4.56. The fraction of sp³-hybridized carbons (Fsp3) is 0.0952. The van der Waals surface area contributed by atoms with Crippen molar-refractivity contribution in [3.63, 3.8) is 0 Å². The Morgan fingerprint density at radius 3 is 2.67 bits per heavy atom. The second-order valence-corrected chi connectivity index (χ2v) is 6.56. The molecule has 9 heteroatoms. The van der Waals surface area contributed by atoms with Gasteiger partial charge in [0.25, 0.3) is 5.91 Å². The van der Waals surface area contributed by atoms with Crippen LogP contribution in [-0.4, -0.2) is 15.7 Å². The predicted molar refractivity (Wildman–Crippen MR) is 104 cm³/mol. The van der Waals surface area contributed by atoms with Crippen LogP contribution in [0.3, 0.4) is 0 Å². The van der Waals surface area contributed by atoms with Crippen LogP contribution in [0.15, 0.2) is 70.0 Å². The van der Waals surface area contributed by atoms with Crippen molar-refractivity contribution in [3.05, 3.63) is 88.0 Å². The van der Waals surface area contributed by atoms with Gasteiger partial charge in [-0.1, -0.05) is 6.07 Å². The Hall–Kier alpha value is -3.88. The van der Waals surface area contributed by atoms with E-state index in [0.29, 0.717) is 22.4 Å². The number of hydrogen-bond donors (Lipinski definition) is 1. The molecule has 0 aliphatic carbocycles. The van der Waals surface area contributed by atoms with Crippen LogP contribution in [0.1, 0.15) is 21.6 Å². The topological polar surface area (TPSA) is 77.1 Å². The Morgan fingerprint density at radius 1 is 1.10 bits per heavy atom. The number of alkyl halides is 3. The number of aromatic nitrogens is 2. The summed E-state index contributed by atoms with van der Waals surface area (Å²) in [6.45, 7) is 1.59. The maximum absolute atomic E-state index is 13.0. The molecule has 0 saturated carbocycles. The van der Waals surface area contributed by atoms with Gasteiger partial charge in [-0.25, -0.2) is 9.48 Å². The van der Waals surface area contributed by atoms with Crippen molar-refractivity contribution < 1.29 is 22.4 Å². The Labute approximate surface area is 167 Å². The van der Waals surface area contributed by atoms with Gasteiger partial charge >= 0.3 is 11.8 Å². The normalized spacial score (nSPS) is 11.6. The fourth-order valence-electron chi connectivity index (χ4n) is 3.05. The van der Waals surface area contributed by atoms with Crippen LogP contribution >= 0.6 is 0 Å². The summed E-state index contributed by atoms with van der Waals surface area (Å²) in [5.41, 5.74) is 0.370. The zero-order valence-corrected chi connectivity index (χ0v) is 15.5. The van der Waals surface area contributed by atoms with Gasteiger partial charge in [-0.2, -0.15) is 18.3 Å². The molecule has 4 aromatic rings. The highest BCUT2D eigenvalue weighted by molar-refractivity contribution is 6.05. The molecule has 152 valence electrons. The third kappa shape index (κ3) is 3.69. The van der Waals surface area contributed by atoms with Gasteiger partial charge < -0.3 is 9.73 Å². The highest BCUT2D eigenvalue weighted by Crippen LogP contribution is 2.30. The van der Waals surface area contributed by atoms with Crippen molar-refractivity contribution >= 4 is 22.6 Å². The standard InChI is InChI=1S/C21H14F3N3O3/c1-12-17(11-25-27(12)16-4-2-3-14(10-16)21(22,23)24)20(29)26-15-6-7-18-13(9-15)5-8-19(28)30-18/h2-11H,1H3,(H,26,29). The molecule has 0 aliphatic heterocycles. The molecule has 0 atom stereocenters. The van der Waals surface area contributed by atoms with Gasteiger partial charge in [-0.15, -0.1) is 0 Å². The van der Waals surface area contributed by atoms with Gasteiger partial charge in [0.2, 0.25) is 0 Å². The Bertz CT molecular complexity index is 1320. The molecule has 2 heterocycles. The molecule has 6 nitrogen and oxygen atoms in total. The van der Waals surface area contributed by atoms with E-state index in [1.807, 2.05) is 0 Å². The van der Waals surface area contributed by atoms with E-state index in [2.05, 4.69) is 10.4 Å². The molecular weight excluding hydrogens is 399 g/mol. The number of halogens is 3. The Morgan fingerprint density at radius 2 is 1.90 bits per heavy atom. The minimum absolute atomic E-state index is 0.196. The third-order valence-corrected chi connectivity index (χ3v) is 4.55. The highest BCUT2D eigenvalue weighted by Gasteiger charge is 2.30. The van der Waals surface area contributed by atoms with Crippen molar-refractivity contribution in [1.82, 2.24) is 9.78 Å². The van der Waals surface area contributed by atoms with E-state index >= 15 is 0 Å². The van der Waals surface area contributed by atoms with E-state index < -0.39 is 23.3 Å². The van der Waals surface area contributed by atoms with Crippen molar-refractivity contribution in [1.29, 1.82) is 0 Å². The third-order valence-electron chi connectivity index (χ3n) is 4.55. The number of hydrogen-bond acceptors (Lipinski definition) is 4. The number of anilines is 1. The van der Waals surface area contributed by atoms with Crippen LogP contribution < -0.4 is 10.9 Å². The zero-order valence-electron chi connectivity index (χ0n) is 15.5. The van der Waals surface area contributed by atoms with Crippen molar-refractivity contribution in [2.45, 2.75) is 13.1 Å². The molecule has 0 unspecified atom stereocenters. The molecule has 1 N–H and O–H groups in total. The van der Waals surface area contributed by atoms with Crippen LogP contribution in [0.4, 0.5) is 18.9 Å². The molecule has 1 amide bonds. The van der Waals surface area contributed by atoms with Gasteiger partial charge in [0.15, 0.2) is 0 Å². The molecule has 0 bridgehead atoms. The molecular formula is C21H14F3N3O3. The summed E-state index contributed by atoms with van der Waals surface area (Å²) in [5, 5.41) is 7.41. The number of amides is 1. The van der Waals surface area contributed by atoms with Crippen molar-refractivity contribution in [2.24, 2.45) is 0 Å². The average molecular weight is 413 g/mol. The quantitative estimate of drug-likeness (QED) is 0.500. The van der Waals surface area contributed by atoms with E-state index in [1.165, 1.54) is 29.1 Å². The Kier molecular flexibility index (Phi) is 4.65. The lowest BCUT2D eigenvalue weighted by molar-refractivity contribution is -0.137. The summed E-state index contributed by atoms with van der Waals surface area (Å²) in [6.07, 6.45) is -3.18. The monoisotopic (exact) mass is 413 g/mol. The van der Waals surface area contributed by atoms with Crippen molar-refractivity contribution in [3.8, 4) is 5.69 Å². The number of carbonyl (C=O) groups excluding carboxylic acids is 1. The minimum atomic E-state index is -4.48. The summed E-state index contributed by atoms with van der Waals surface area (Å²) in [7, 11) is 0. The molecule has 0 radical (unpaired) electrons. The molecule has 0 fully saturated rings. The SMILES string of the molecule is Cc1c(C(=O)Nc2ccc3oc(=O)ccc3c2)cnn1-c1cccc(C(F)(F)F)c1. The van der Waals surface area contributed by atoms with E-state index in [9.17, 15) is 22.8 Å². The lowest BCUT2D eigenvalue weighted by Crippen LogP contribution is -2.13. The van der Waals surface area contributed by atoms with Gasteiger partial charge in [0.05, 0.1) is 28.7 Å². The first-order valence-electron chi connectivity index (χ1n) is 8.80. The molecule has 0 spiro atoms. The van der Waals surface area contributed by atoms with Gasteiger partial charge in [-0.3, -0.25) is 4.79 Å². The number of carbonyl (C=O) groups is 1. The van der Waals surface area contributed by atoms with Crippen LogP contribution in [0.5, 0.6) is 0 Å². The lowest BCUT2D eigenvalue weighted by atomic mass is 10.2. The Balaban J connectivity index is 1.61. The summed E-state index contributed by atoms with van der Waals surface area (Å²) in [5.74, 6) is -0.470. The number of nitrogens with zero attached hydrogens (tertiary/aromatic N) is 2. The smallest absolute Gasteiger partial charge is 0.416 e. The molecule has 4 rings (SSSR count). The molecule has 0 aliphatic rings. The number of nitrogens with one attached hydrogen (secondary N) is 1. The van der Waals surface area contributed by atoms with Crippen LogP contribution in [0.2, 0.25) is 0 Å². The molecule has 0 saturated heterocycles. The van der Waals surface area contributed by atoms with Crippen LogP contribution in [-0.2, 0) is 6.18 Å². The van der Waals surface area contributed by atoms with Crippen LogP contribution in [0, 0.1) is 6.92 Å². The van der Waals surface area contributed by atoms with E-state index in [1.54, 1.807) is 31.2 Å². The number of rotatable bonds is 3. The summed E-state index contributed by atoms with van der Waals surface area (Å²) < 4.78 is 45.3. The maximum Gasteiger partial charge on any atom is 0.416 e. The lowest BCUT2D eigenvalue weighted by Gasteiger charge is -2.10. The first kappa shape index (κ1) is 19.4. The minimum Gasteiger partial charge on any atom is -0.423 e. The first-order valence-corrected chi connectivity index (χ1v) is 8.80. The average Bonchev–Trinajstić information content (AvgIpc) is 3.09. The van der Waals surface area contributed by atoms with Gasteiger partial charge in [0.1, 0.15) is 5.58 Å². The number of benzene rings is 2. The summed E-state index contributed by atoms with van der Waals surface area (Å²) >= 11 is 0. The largest absolute Gasteiger partial charge is 0.423 e. The second kappa shape index (κ2) is 7.18. The van der Waals surface area contributed by atoms with Crippen molar-refractivity contribution in [2.75, 3.05) is 5.32 Å². The molecule has 2 aromatic carbocycles. The first-order chi connectivity index (χ1) is 14.2. The molecule has 30 heavy (non-hydrogen) atoms. The molecule has 2 aromatic heterocycles. The van der Waals surface area contributed by atoms with Gasteiger partial charge in [0, 0.05) is 17.1 Å². The summed E-state index contributed by atoms with van der Waals surface area (Å²) in [4.78, 5) is 23.9. The zero-order chi connectivity index (χ0) is 21.5. The maximum atomic E-state index is 13.0. The van der Waals surface area contributed by atoms with E-state index in [0.717, 1.165) is 12.1 Å². The highest BCUT2D eigenvalue weighted by atomic mass is 19.4. The summed E-state index contributed by atoms with van der Waals surface area (Å²) in [6, 6.07) is 12.3. The van der Waals surface area contributed by atoms with E-state index in [4.69, 9.17) is 4.42 Å². The fourth-order valence-corrected chi connectivity index (χ4v) is 3.05. The van der Waals surface area contributed by atoms with Crippen LogP contribution in [0.25, 0.3) is 16.7 Å².